The first-order chi connectivity index (χ1) is 8.17. The number of rotatable bonds is 0. The summed E-state index contributed by atoms with van der Waals surface area (Å²) < 4.78 is 0. The molecule has 1 aromatic rings. The maximum absolute atomic E-state index is 11.9. The number of aromatic nitrogens is 1. The molecule has 4 nitrogen and oxygen atoms in total. The average Bonchev–Trinajstić information content (AvgIpc) is 2.64. The number of carbonyl (C=O) groups is 1. The Morgan fingerprint density at radius 2 is 2.06 bits per heavy atom. The minimum atomic E-state index is -0.118. The summed E-state index contributed by atoms with van der Waals surface area (Å²) >= 11 is 5.90. The van der Waals surface area contributed by atoms with Crippen molar-refractivity contribution in [1.82, 2.24) is 4.98 Å². The summed E-state index contributed by atoms with van der Waals surface area (Å²) in [5.74, 6) is 0.757. The van der Waals surface area contributed by atoms with Crippen LogP contribution >= 0.6 is 11.6 Å². The highest BCUT2D eigenvalue weighted by Gasteiger charge is 2.38. The second-order valence-corrected chi connectivity index (χ2v) is 5.25. The van der Waals surface area contributed by atoms with E-state index in [0.717, 1.165) is 31.4 Å². The second-order valence-electron chi connectivity index (χ2n) is 4.87. The number of nitrogens with one attached hydrogen (secondary N) is 2. The summed E-state index contributed by atoms with van der Waals surface area (Å²) in [4.78, 5) is 16.1. The molecule has 0 unspecified atom stereocenters. The van der Waals surface area contributed by atoms with Crippen molar-refractivity contribution in [3.8, 4) is 0 Å². The third-order valence-electron chi connectivity index (χ3n) is 3.58. The van der Waals surface area contributed by atoms with Crippen LogP contribution in [0.15, 0.2) is 12.1 Å². The highest BCUT2D eigenvalue weighted by atomic mass is 35.5. The molecule has 1 amide bonds. The molecule has 1 saturated carbocycles. The molecule has 0 aromatic carbocycles. The van der Waals surface area contributed by atoms with Gasteiger partial charge in [-0.1, -0.05) is 24.4 Å². The van der Waals surface area contributed by atoms with E-state index < -0.39 is 0 Å². The third kappa shape index (κ3) is 1.97. The summed E-state index contributed by atoms with van der Waals surface area (Å²) in [5, 5.41) is 6.75. The molecule has 0 bridgehead atoms. The maximum Gasteiger partial charge on any atom is 0.226 e. The summed E-state index contributed by atoms with van der Waals surface area (Å²) in [5.41, 5.74) is 0.607. The monoisotopic (exact) mass is 251 g/mol. The molecule has 17 heavy (non-hydrogen) atoms. The number of anilines is 2. The molecule has 1 aromatic heterocycles. The van der Waals surface area contributed by atoms with Gasteiger partial charge in [-0.05, 0) is 25.0 Å². The third-order valence-corrected chi connectivity index (χ3v) is 3.79. The lowest BCUT2D eigenvalue weighted by molar-refractivity contribution is -0.117. The van der Waals surface area contributed by atoms with Gasteiger partial charge in [0.15, 0.2) is 5.82 Å². The van der Waals surface area contributed by atoms with Crippen molar-refractivity contribution in [3.63, 3.8) is 0 Å². The largest absolute Gasteiger partial charge is 0.362 e. The van der Waals surface area contributed by atoms with E-state index in [1.165, 1.54) is 0 Å². The molecule has 1 aliphatic carbocycles. The van der Waals surface area contributed by atoms with Crippen LogP contribution in [0.5, 0.6) is 0 Å². The first-order valence-corrected chi connectivity index (χ1v) is 6.29. The van der Waals surface area contributed by atoms with E-state index in [9.17, 15) is 4.79 Å². The highest BCUT2D eigenvalue weighted by molar-refractivity contribution is 6.29. The van der Waals surface area contributed by atoms with E-state index in [-0.39, 0.29) is 11.4 Å². The van der Waals surface area contributed by atoms with Crippen molar-refractivity contribution in [2.24, 2.45) is 0 Å². The number of carbonyl (C=O) groups excluding carboxylic acids is 1. The molecule has 2 aliphatic rings. The van der Waals surface area contributed by atoms with Gasteiger partial charge in [-0.15, -0.1) is 0 Å². The number of amides is 1. The molecule has 1 aliphatic heterocycles. The van der Waals surface area contributed by atoms with Crippen LogP contribution in [-0.4, -0.2) is 16.4 Å². The smallest absolute Gasteiger partial charge is 0.226 e. The fourth-order valence-electron chi connectivity index (χ4n) is 2.78. The van der Waals surface area contributed by atoms with E-state index in [0.29, 0.717) is 17.4 Å². The lowest BCUT2D eigenvalue weighted by Gasteiger charge is -2.28. The van der Waals surface area contributed by atoms with Crippen LogP contribution in [0.2, 0.25) is 5.15 Å². The van der Waals surface area contributed by atoms with Crippen LogP contribution in [0, 0.1) is 0 Å². The Morgan fingerprint density at radius 3 is 2.82 bits per heavy atom. The van der Waals surface area contributed by atoms with Gasteiger partial charge in [0, 0.05) is 12.0 Å². The number of halogens is 1. The van der Waals surface area contributed by atoms with Gasteiger partial charge in [0.2, 0.25) is 5.91 Å². The summed E-state index contributed by atoms with van der Waals surface area (Å²) in [6.07, 6.45) is 4.88. The predicted molar refractivity (Wildman–Crippen MR) is 67.3 cm³/mol. The Hall–Kier alpha value is -1.29. The molecule has 0 atom stereocenters. The van der Waals surface area contributed by atoms with Gasteiger partial charge in [-0.3, -0.25) is 4.79 Å². The standard InChI is InChI=1S/C12H14ClN3O/c13-9-4-3-8-11(15-9)16-12(5-1-2-6-12)7-10(17)14-8/h3-4H,1-2,5-7H2,(H,14,17)(H,15,16). The topological polar surface area (TPSA) is 54.0 Å². The molecule has 0 saturated heterocycles. The first-order valence-electron chi connectivity index (χ1n) is 5.92. The first kappa shape index (κ1) is 10.8. The van der Waals surface area contributed by atoms with Gasteiger partial charge in [0.25, 0.3) is 0 Å². The molecule has 90 valence electrons. The van der Waals surface area contributed by atoms with Crippen molar-refractivity contribution in [1.29, 1.82) is 0 Å². The molecular formula is C12H14ClN3O. The van der Waals surface area contributed by atoms with Gasteiger partial charge in [0.05, 0.1) is 5.69 Å². The Kier molecular flexibility index (Phi) is 2.47. The Labute approximate surface area is 105 Å². The molecule has 1 spiro atoms. The van der Waals surface area contributed by atoms with E-state index >= 15 is 0 Å². The van der Waals surface area contributed by atoms with Gasteiger partial charge in [0.1, 0.15) is 5.15 Å². The van der Waals surface area contributed by atoms with Crippen molar-refractivity contribution in [2.75, 3.05) is 10.6 Å². The van der Waals surface area contributed by atoms with Gasteiger partial charge < -0.3 is 10.6 Å². The average molecular weight is 252 g/mol. The predicted octanol–water partition coefficient (Wildman–Crippen LogP) is 2.80. The van der Waals surface area contributed by atoms with Crippen molar-refractivity contribution in [2.45, 2.75) is 37.6 Å². The van der Waals surface area contributed by atoms with Gasteiger partial charge in [-0.2, -0.15) is 0 Å². The van der Waals surface area contributed by atoms with Crippen molar-refractivity contribution >= 4 is 29.0 Å². The molecule has 2 heterocycles. The highest BCUT2D eigenvalue weighted by Crippen LogP contribution is 2.39. The SMILES string of the molecule is O=C1CC2(CCCC2)Nc2nc(Cl)ccc2N1. The maximum atomic E-state index is 11.9. The van der Waals surface area contributed by atoms with Crippen LogP contribution < -0.4 is 10.6 Å². The van der Waals surface area contributed by atoms with Crippen LogP contribution in [0.1, 0.15) is 32.1 Å². The van der Waals surface area contributed by atoms with Gasteiger partial charge >= 0.3 is 0 Å². The minimum Gasteiger partial charge on any atom is -0.362 e. The Morgan fingerprint density at radius 1 is 1.29 bits per heavy atom. The summed E-state index contributed by atoms with van der Waals surface area (Å²) in [7, 11) is 0. The van der Waals surface area contributed by atoms with Crippen LogP contribution in [0.3, 0.4) is 0 Å². The van der Waals surface area contributed by atoms with E-state index in [2.05, 4.69) is 15.6 Å². The fourth-order valence-corrected chi connectivity index (χ4v) is 2.93. The second kappa shape index (κ2) is 3.88. The van der Waals surface area contributed by atoms with E-state index in [1.807, 2.05) is 0 Å². The lowest BCUT2D eigenvalue weighted by Crippen LogP contribution is -2.37. The fraction of sp³-hybridized carbons (Fsp3) is 0.500. The summed E-state index contributed by atoms with van der Waals surface area (Å²) in [6, 6.07) is 3.48. The lowest BCUT2D eigenvalue weighted by atomic mass is 9.93. The zero-order valence-corrected chi connectivity index (χ0v) is 10.2. The van der Waals surface area contributed by atoms with Crippen LogP contribution in [0.25, 0.3) is 0 Å². The van der Waals surface area contributed by atoms with Gasteiger partial charge in [-0.25, -0.2) is 4.98 Å². The number of pyridine rings is 1. The van der Waals surface area contributed by atoms with E-state index in [1.54, 1.807) is 12.1 Å². The quantitative estimate of drug-likeness (QED) is 0.697. The zero-order valence-electron chi connectivity index (χ0n) is 9.42. The molecular weight excluding hydrogens is 238 g/mol. The number of fused-ring (bicyclic) bond motifs is 1. The molecule has 0 radical (unpaired) electrons. The zero-order chi connectivity index (χ0) is 11.9. The molecule has 3 rings (SSSR count). The summed E-state index contributed by atoms with van der Waals surface area (Å²) in [6.45, 7) is 0. The molecule has 5 heteroatoms. The number of hydrogen-bond acceptors (Lipinski definition) is 3. The number of hydrogen-bond donors (Lipinski definition) is 2. The van der Waals surface area contributed by atoms with Crippen LogP contribution in [0.4, 0.5) is 11.5 Å². The normalized spacial score (nSPS) is 21.6. The Balaban J connectivity index is 2.02. The van der Waals surface area contributed by atoms with Crippen molar-refractivity contribution < 1.29 is 4.79 Å². The van der Waals surface area contributed by atoms with Crippen LogP contribution in [-0.2, 0) is 4.79 Å². The Bertz CT molecular complexity index is 469. The van der Waals surface area contributed by atoms with Crippen molar-refractivity contribution in [3.05, 3.63) is 17.3 Å². The number of nitrogens with zero attached hydrogens (tertiary/aromatic N) is 1. The van der Waals surface area contributed by atoms with E-state index in [4.69, 9.17) is 11.6 Å². The minimum absolute atomic E-state index is 0.0577. The molecule has 1 fully saturated rings. The molecule has 2 N–H and O–H groups in total.